The van der Waals surface area contributed by atoms with Crippen molar-refractivity contribution in [2.24, 2.45) is 0 Å². The van der Waals surface area contributed by atoms with Crippen molar-refractivity contribution in [2.45, 2.75) is 32.1 Å². The minimum absolute atomic E-state index is 0.946. The van der Waals surface area contributed by atoms with E-state index in [1.165, 1.54) is 165 Å². The second-order valence-corrected chi connectivity index (χ2v) is 34.8. The van der Waals surface area contributed by atoms with Crippen LogP contribution in [0.15, 0.2) is 595 Å². The lowest BCUT2D eigenvalue weighted by atomic mass is 9.97. The van der Waals surface area contributed by atoms with E-state index in [0.29, 0.717) is 0 Å². The average molecular weight is 1780 g/mol. The van der Waals surface area contributed by atoms with Gasteiger partial charge in [-0.25, -0.2) is 0 Å². The molecule has 0 saturated heterocycles. The molecule has 0 aliphatic heterocycles. The van der Waals surface area contributed by atoms with Crippen LogP contribution in [0, 0.1) is 0 Å². The minimum Gasteiger partial charge on any atom is -0.355 e. The fourth-order valence-electron chi connectivity index (χ4n) is 17.8. The Kier molecular flexibility index (Phi) is 31.7. The third-order valence-corrected chi connectivity index (χ3v) is 24.9. The molecule has 0 atom stereocenters. The van der Waals surface area contributed by atoms with Gasteiger partial charge < -0.3 is 10.6 Å². The highest BCUT2D eigenvalue weighted by molar-refractivity contribution is 6.01. The molecule has 0 spiro atoms. The van der Waals surface area contributed by atoms with Crippen LogP contribution in [0.3, 0.4) is 0 Å². The number of para-hydroxylation sites is 1. The maximum atomic E-state index is 3.59. The highest BCUT2D eigenvalue weighted by Crippen LogP contribution is 2.34. The van der Waals surface area contributed by atoms with Crippen molar-refractivity contribution in [3.8, 4) is 44.5 Å². The van der Waals surface area contributed by atoms with Gasteiger partial charge in [-0.3, -0.25) is 0 Å². The van der Waals surface area contributed by atoms with Crippen molar-refractivity contribution in [3.63, 3.8) is 0 Å². The number of benzene rings is 24. The summed E-state index contributed by atoms with van der Waals surface area (Å²) in [5.74, 6) is 0. The lowest BCUT2D eigenvalue weighted by Gasteiger charge is -2.12. The van der Waals surface area contributed by atoms with E-state index < -0.39 is 0 Å². The Morgan fingerprint density at radius 1 is 0.108 bits per heavy atom. The zero-order chi connectivity index (χ0) is 93.9. The maximum absolute atomic E-state index is 3.59. The topological polar surface area (TPSA) is 24.1 Å². The molecule has 0 aliphatic rings. The molecule has 2 nitrogen and oxygen atoms in total. The normalized spacial score (nSPS) is 10.6. The number of fused-ring (bicyclic) bond motifs is 6. The summed E-state index contributed by atoms with van der Waals surface area (Å²) in [5.41, 5.74) is 28.3. The predicted octanol–water partition coefficient (Wildman–Crippen LogP) is 36.8. The molecule has 139 heavy (non-hydrogen) atoms. The van der Waals surface area contributed by atoms with Gasteiger partial charge in [-0.15, -0.1) is 0 Å². The predicted molar refractivity (Wildman–Crippen MR) is 598 cm³/mol. The summed E-state index contributed by atoms with van der Waals surface area (Å²) in [6, 6.07) is 210. The van der Waals surface area contributed by atoms with Gasteiger partial charge in [0.25, 0.3) is 0 Å². The monoisotopic (exact) mass is 1780 g/mol. The lowest BCUT2D eigenvalue weighted by Crippen LogP contribution is -1.92. The molecule has 0 amide bonds. The van der Waals surface area contributed by atoms with Gasteiger partial charge in [0, 0.05) is 38.9 Å². The van der Waals surface area contributed by atoms with Crippen LogP contribution in [0.25, 0.3) is 109 Å². The molecule has 0 fully saturated rings. The minimum atomic E-state index is 0.946. The van der Waals surface area contributed by atoms with Crippen LogP contribution >= 0.6 is 0 Å². The molecule has 24 aromatic carbocycles. The van der Waals surface area contributed by atoms with Crippen LogP contribution in [-0.4, -0.2) is 0 Å². The van der Waals surface area contributed by atoms with E-state index in [1.807, 2.05) is 18.2 Å². The second-order valence-electron chi connectivity index (χ2n) is 34.8. The Bertz CT molecular complexity index is 7680. The molecule has 0 bridgehead atoms. The van der Waals surface area contributed by atoms with E-state index in [1.54, 1.807) is 0 Å². The summed E-state index contributed by atoms with van der Waals surface area (Å²) in [5, 5.41) is 22.4. The van der Waals surface area contributed by atoms with Crippen molar-refractivity contribution in [1.29, 1.82) is 0 Å². The standard InChI is InChI=1S/C25H20.C23H18.C21H16.C20H15N.C19H16.C16H13N.C13H12/c1-3-11-22(12-4-1)24-15-7-9-20(18-24)17-21-10-8-16-25(19-21)23-13-5-2-6-14-23;1-2-6-20(7-3-1)22-13-10-18(11-14-22)16-19-12-15-21-8-4-5-9-23(21)17-19;1-3-7-20-14-16(9-11-18(20)5-1)13-17-10-12-19-6-2-4-8-21(19)15-17;1-3-11-17-15(7-1)9-5-13-19(17)21-20-14-6-10-16-8-2-4-12-18(16)20;1-3-8-16(9-4-1)14-17-10-7-13-19(15-17)18-11-5-2-6-12-18;1-2-9-14(10-3-1)17-16-12-6-8-13-7-4-5-11-15(13)16;1-3-7-12(8-4-1)11-13-9-5-2-6-10-13/h1-16,18-19H,17H2;1-15,17H,16H2;1-12,14-15H,13H2;1-14,21H;1-13,15H,14H2;1-12,17H;1-10H,11H2. The van der Waals surface area contributed by atoms with E-state index in [2.05, 4.69) is 587 Å². The van der Waals surface area contributed by atoms with Crippen molar-refractivity contribution in [2.75, 3.05) is 10.6 Å². The first-order chi connectivity index (χ1) is 68.9. The number of rotatable bonds is 18. The van der Waals surface area contributed by atoms with Crippen molar-refractivity contribution in [1.82, 2.24) is 0 Å². The van der Waals surface area contributed by atoms with Gasteiger partial charge >= 0.3 is 0 Å². The second kappa shape index (κ2) is 47.9. The summed E-state index contributed by atoms with van der Waals surface area (Å²) in [7, 11) is 0. The smallest absolute Gasteiger partial charge is 0.0464 e. The van der Waals surface area contributed by atoms with Crippen LogP contribution in [0.4, 0.5) is 22.7 Å². The molecule has 2 N–H and O–H groups in total. The van der Waals surface area contributed by atoms with Crippen LogP contribution in [-0.2, 0) is 32.1 Å². The average Bonchev–Trinajstić information content (AvgIpc) is 0.796. The fourth-order valence-corrected chi connectivity index (χ4v) is 17.8. The number of nitrogens with one attached hydrogen (secondary N) is 2. The Balaban J connectivity index is 0.000000108. The molecule has 0 aliphatic carbocycles. The molecule has 668 valence electrons. The molecular weight excluding hydrogens is 1670 g/mol. The molecule has 24 aromatic rings. The lowest BCUT2D eigenvalue weighted by molar-refractivity contribution is 1.19. The highest BCUT2D eigenvalue weighted by Gasteiger charge is 2.11. The highest BCUT2D eigenvalue weighted by atomic mass is 14.9. The van der Waals surface area contributed by atoms with Crippen LogP contribution in [0.2, 0.25) is 0 Å². The Morgan fingerprint density at radius 2 is 0.302 bits per heavy atom. The van der Waals surface area contributed by atoms with E-state index in [4.69, 9.17) is 0 Å². The Morgan fingerprint density at radius 3 is 0.626 bits per heavy atom. The van der Waals surface area contributed by atoms with Crippen LogP contribution < -0.4 is 10.6 Å². The van der Waals surface area contributed by atoms with Gasteiger partial charge in [0.15, 0.2) is 0 Å². The van der Waals surface area contributed by atoms with Gasteiger partial charge in [0.1, 0.15) is 0 Å². The molecule has 0 heterocycles. The third kappa shape index (κ3) is 26.3. The van der Waals surface area contributed by atoms with Gasteiger partial charge in [0.2, 0.25) is 0 Å². The quantitative estimate of drug-likeness (QED) is 0.0895. The first-order valence-electron chi connectivity index (χ1n) is 48.0. The SMILES string of the molecule is c1ccc(-c2ccc(Cc3ccc4ccccc4c3)cc2)cc1.c1ccc(-c2cccc(Cc3cccc(-c4ccccc4)c3)c2)cc1.c1ccc(Cc2cccc(-c3ccccc3)c2)cc1.c1ccc(Cc2ccccc2)cc1.c1ccc(Nc2cccc3ccccc23)cc1.c1ccc2c(Nc3cccc4ccccc34)cccc2c1.c1ccc2cc(Cc3ccc4ccccc4c3)ccc2c1. The first kappa shape index (κ1) is 91.9. The number of hydrogen-bond acceptors (Lipinski definition) is 2. The molecule has 0 saturated carbocycles. The maximum Gasteiger partial charge on any atom is 0.0464 e. The van der Waals surface area contributed by atoms with Gasteiger partial charge in [0.05, 0.1) is 0 Å². The largest absolute Gasteiger partial charge is 0.355 e. The third-order valence-electron chi connectivity index (χ3n) is 24.9. The fraction of sp³-hybridized carbons (Fsp3) is 0.0365. The Hall–Kier alpha value is -17.6. The van der Waals surface area contributed by atoms with E-state index >= 15 is 0 Å². The van der Waals surface area contributed by atoms with E-state index in [-0.39, 0.29) is 0 Å². The van der Waals surface area contributed by atoms with Crippen molar-refractivity contribution < 1.29 is 0 Å². The van der Waals surface area contributed by atoms with Gasteiger partial charge in [-0.05, 0) is 211 Å². The van der Waals surface area contributed by atoms with Crippen molar-refractivity contribution >= 4 is 87.4 Å². The number of hydrogen-bond donors (Lipinski definition) is 2. The van der Waals surface area contributed by atoms with Crippen molar-refractivity contribution in [3.05, 3.63) is 650 Å². The summed E-state index contributed by atoms with van der Waals surface area (Å²) < 4.78 is 0. The molecule has 0 radical (unpaired) electrons. The van der Waals surface area contributed by atoms with E-state index in [9.17, 15) is 0 Å². The molecule has 0 unspecified atom stereocenters. The van der Waals surface area contributed by atoms with Crippen LogP contribution in [0.5, 0.6) is 0 Å². The molecular formula is C137H110N2. The molecule has 24 rings (SSSR count). The van der Waals surface area contributed by atoms with E-state index in [0.717, 1.165) is 54.9 Å². The van der Waals surface area contributed by atoms with Gasteiger partial charge in [-0.2, -0.15) is 0 Å². The molecule has 2 heteroatoms. The summed E-state index contributed by atoms with van der Waals surface area (Å²) in [4.78, 5) is 0. The summed E-state index contributed by atoms with van der Waals surface area (Å²) >= 11 is 0. The summed E-state index contributed by atoms with van der Waals surface area (Å²) in [6.07, 6.45) is 4.92. The van der Waals surface area contributed by atoms with Gasteiger partial charge in [-0.1, -0.05) is 564 Å². The first-order valence-corrected chi connectivity index (χ1v) is 48.0. The Labute approximate surface area is 818 Å². The molecule has 0 aromatic heterocycles. The number of anilines is 4. The zero-order valence-corrected chi connectivity index (χ0v) is 78.1. The van der Waals surface area contributed by atoms with Crippen LogP contribution in [0.1, 0.15) is 55.6 Å². The summed E-state index contributed by atoms with van der Waals surface area (Å²) in [6.45, 7) is 0. The zero-order valence-electron chi connectivity index (χ0n) is 78.1.